The lowest BCUT2D eigenvalue weighted by atomic mass is 10.1. The number of aryl methyl sites for hydroxylation is 1. The van der Waals surface area contributed by atoms with Crippen LogP contribution >= 0.6 is 0 Å². The normalized spacial score (nSPS) is 11.0. The van der Waals surface area contributed by atoms with Crippen molar-refractivity contribution in [2.45, 2.75) is 13.3 Å². The van der Waals surface area contributed by atoms with Gasteiger partial charge in [-0.05, 0) is 18.1 Å². The molecule has 0 radical (unpaired) electrons. The molecule has 2 aromatic heterocycles. The van der Waals surface area contributed by atoms with Crippen molar-refractivity contribution in [3.63, 3.8) is 0 Å². The lowest BCUT2D eigenvalue weighted by Gasteiger charge is -2.07. The molecular formula is C22H18N2O4. The molecule has 2 aromatic carbocycles. The van der Waals surface area contributed by atoms with Crippen molar-refractivity contribution < 1.29 is 14.3 Å². The van der Waals surface area contributed by atoms with Crippen LogP contribution in [0.2, 0.25) is 0 Å². The summed E-state index contributed by atoms with van der Waals surface area (Å²) in [6.07, 6.45) is 2.48. The van der Waals surface area contributed by atoms with Gasteiger partial charge in [-0.25, -0.2) is 4.79 Å². The van der Waals surface area contributed by atoms with Crippen molar-refractivity contribution in [1.82, 2.24) is 9.97 Å². The summed E-state index contributed by atoms with van der Waals surface area (Å²) in [5.41, 5.74) is 2.79. The molecule has 4 rings (SSSR count). The number of hydrogen-bond donors (Lipinski definition) is 2. The van der Waals surface area contributed by atoms with Gasteiger partial charge in [-0.3, -0.25) is 9.59 Å². The van der Waals surface area contributed by atoms with E-state index in [1.54, 1.807) is 30.5 Å². The van der Waals surface area contributed by atoms with Crippen molar-refractivity contribution in [2.75, 3.05) is 6.61 Å². The highest BCUT2D eigenvalue weighted by Gasteiger charge is 2.18. The Morgan fingerprint density at radius 3 is 2.61 bits per heavy atom. The summed E-state index contributed by atoms with van der Waals surface area (Å²) < 4.78 is 5.23. The van der Waals surface area contributed by atoms with Gasteiger partial charge in [-0.2, -0.15) is 0 Å². The quantitative estimate of drug-likeness (QED) is 0.412. The second kappa shape index (κ2) is 7.15. The van der Waals surface area contributed by atoms with Crippen LogP contribution < -0.4 is 5.56 Å². The number of carbonyl (C=O) groups excluding carboxylic acids is 2. The zero-order valence-corrected chi connectivity index (χ0v) is 15.2. The van der Waals surface area contributed by atoms with Crippen molar-refractivity contribution in [1.29, 1.82) is 0 Å². The number of nitrogens with one attached hydrogen (secondary N) is 2. The van der Waals surface area contributed by atoms with Crippen LogP contribution in [0.1, 0.15) is 33.2 Å². The number of H-pyrrole nitrogens is 2. The molecule has 0 unspecified atom stereocenters. The maximum absolute atomic E-state index is 12.6. The van der Waals surface area contributed by atoms with Gasteiger partial charge in [-0.1, -0.05) is 43.3 Å². The molecule has 0 bridgehead atoms. The van der Waals surface area contributed by atoms with Gasteiger partial charge in [-0.15, -0.1) is 0 Å². The number of Topliss-reactive ketones (excluding diaryl/α,β-unsaturated/α-hetero) is 1. The third kappa shape index (κ3) is 3.09. The Morgan fingerprint density at radius 1 is 1.00 bits per heavy atom. The minimum Gasteiger partial charge on any atom is -0.454 e. The Bertz CT molecular complexity index is 1270. The molecule has 0 spiro atoms. The average Bonchev–Trinajstić information content (AvgIpc) is 3.15. The van der Waals surface area contributed by atoms with Crippen molar-refractivity contribution in [3.8, 4) is 0 Å². The van der Waals surface area contributed by atoms with Crippen LogP contribution in [0.4, 0.5) is 0 Å². The van der Waals surface area contributed by atoms with Gasteiger partial charge in [0.15, 0.2) is 6.61 Å². The predicted molar refractivity (Wildman–Crippen MR) is 107 cm³/mol. The van der Waals surface area contributed by atoms with E-state index in [0.717, 1.165) is 22.9 Å². The molecule has 2 heterocycles. The molecule has 0 aliphatic carbocycles. The van der Waals surface area contributed by atoms with E-state index in [4.69, 9.17) is 4.74 Å². The number of hydrogen-bond acceptors (Lipinski definition) is 4. The lowest BCUT2D eigenvalue weighted by Crippen LogP contribution is -2.17. The fourth-order valence-corrected chi connectivity index (χ4v) is 3.40. The van der Waals surface area contributed by atoms with Gasteiger partial charge in [0.05, 0.1) is 5.56 Å². The fraction of sp³-hybridized carbons (Fsp3) is 0.136. The van der Waals surface area contributed by atoms with Crippen LogP contribution in [-0.2, 0) is 11.2 Å². The first kappa shape index (κ1) is 17.7. The van der Waals surface area contributed by atoms with Crippen LogP contribution in [0.5, 0.6) is 0 Å². The number of pyridine rings is 1. The van der Waals surface area contributed by atoms with Crippen LogP contribution in [0.3, 0.4) is 0 Å². The van der Waals surface area contributed by atoms with E-state index in [1.807, 2.05) is 25.1 Å². The first-order valence-electron chi connectivity index (χ1n) is 9.00. The summed E-state index contributed by atoms with van der Waals surface area (Å²) in [5.74, 6) is -1.01. The maximum Gasteiger partial charge on any atom is 0.339 e. The molecule has 6 heteroatoms. The highest BCUT2D eigenvalue weighted by Crippen LogP contribution is 2.23. The van der Waals surface area contributed by atoms with Crippen molar-refractivity contribution in [2.24, 2.45) is 0 Å². The summed E-state index contributed by atoms with van der Waals surface area (Å²) in [4.78, 5) is 42.7. The van der Waals surface area contributed by atoms with Gasteiger partial charge in [0, 0.05) is 39.6 Å². The predicted octanol–water partition coefficient (Wildman–Crippen LogP) is 3.61. The van der Waals surface area contributed by atoms with E-state index >= 15 is 0 Å². The summed E-state index contributed by atoms with van der Waals surface area (Å²) in [6, 6.07) is 13.9. The zero-order chi connectivity index (χ0) is 19.7. The number of ether oxygens (including phenoxy) is 1. The largest absolute Gasteiger partial charge is 0.454 e. The molecule has 0 aliphatic rings. The molecule has 6 nitrogen and oxygen atoms in total. The first-order valence-corrected chi connectivity index (χ1v) is 9.00. The topological polar surface area (TPSA) is 92.0 Å². The number of fused-ring (bicyclic) bond motifs is 2. The van der Waals surface area contributed by atoms with Gasteiger partial charge >= 0.3 is 5.97 Å². The molecule has 28 heavy (non-hydrogen) atoms. The van der Waals surface area contributed by atoms with Crippen LogP contribution in [0.15, 0.2) is 59.5 Å². The Morgan fingerprint density at radius 2 is 1.79 bits per heavy atom. The Balaban J connectivity index is 1.58. The number of rotatable bonds is 5. The molecule has 0 aliphatic heterocycles. The average molecular weight is 374 g/mol. The number of para-hydroxylation sites is 2. The smallest absolute Gasteiger partial charge is 0.339 e. The minimum atomic E-state index is -0.704. The SMILES string of the molecule is CCc1cccc2c(C(=O)COC(=O)c3cc(=O)[nH]c4ccccc34)c[nH]c12. The van der Waals surface area contributed by atoms with Gasteiger partial charge in [0.25, 0.3) is 0 Å². The van der Waals surface area contributed by atoms with E-state index in [0.29, 0.717) is 16.5 Å². The Hall–Kier alpha value is -3.67. The monoisotopic (exact) mass is 374 g/mol. The highest BCUT2D eigenvalue weighted by atomic mass is 16.5. The van der Waals surface area contributed by atoms with E-state index in [2.05, 4.69) is 9.97 Å². The highest BCUT2D eigenvalue weighted by molar-refractivity contribution is 6.10. The molecule has 140 valence electrons. The summed E-state index contributed by atoms with van der Waals surface area (Å²) in [6.45, 7) is 1.65. The fourth-order valence-electron chi connectivity index (χ4n) is 3.40. The van der Waals surface area contributed by atoms with Crippen LogP contribution in [-0.4, -0.2) is 28.3 Å². The molecule has 0 amide bonds. The molecule has 2 N–H and O–H groups in total. The first-order chi connectivity index (χ1) is 13.6. The summed E-state index contributed by atoms with van der Waals surface area (Å²) in [7, 11) is 0. The number of benzene rings is 2. The molecular weight excluding hydrogens is 356 g/mol. The molecule has 0 saturated carbocycles. The second-order valence-corrected chi connectivity index (χ2v) is 6.49. The standard InChI is InChI=1S/C22H18N2O4/c1-2-13-6-5-8-15-17(11-23-21(13)15)19(25)12-28-22(27)16-10-20(26)24-18-9-4-3-7-14(16)18/h3-11,23H,2,12H2,1H3,(H,24,26). The van der Waals surface area contributed by atoms with Gasteiger partial charge < -0.3 is 14.7 Å². The summed E-state index contributed by atoms with van der Waals surface area (Å²) >= 11 is 0. The van der Waals surface area contributed by atoms with E-state index in [1.165, 1.54) is 6.07 Å². The Kier molecular flexibility index (Phi) is 4.53. The molecule has 0 saturated heterocycles. The number of aromatic amines is 2. The lowest BCUT2D eigenvalue weighted by molar-refractivity contribution is 0.0477. The number of esters is 1. The van der Waals surface area contributed by atoms with E-state index in [-0.39, 0.29) is 11.3 Å². The number of aromatic nitrogens is 2. The van der Waals surface area contributed by atoms with E-state index < -0.39 is 18.1 Å². The van der Waals surface area contributed by atoms with Crippen LogP contribution in [0, 0.1) is 0 Å². The number of carbonyl (C=O) groups is 2. The molecule has 0 atom stereocenters. The minimum absolute atomic E-state index is 0.138. The zero-order valence-electron chi connectivity index (χ0n) is 15.2. The maximum atomic E-state index is 12.6. The molecule has 4 aromatic rings. The molecule has 0 fully saturated rings. The van der Waals surface area contributed by atoms with Crippen molar-refractivity contribution in [3.05, 3.63) is 81.8 Å². The summed E-state index contributed by atoms with van der Waals surface area (Å²) in [5, 5.41) is 1.38. The van der Waals surface area contributed by atoms with Crippen LogP contribution in [0.25, 0.3) is 21.8 Å². The van der Waals surface area contributed by atoms with Crippen molar-refractivity contribution >= 4 is 33.6 Å². The Labute approximate surface area is 160 Å². The second-order valence-electron chi connectivity index (χ2n) is 6.49. The third-order valence-corrected chi connectivity index (χ3v) is 4.79. The van der Waals surface area contributed by atoms with E-state index in [9.17, 15) is 14.4 Å². The van der Waals surface area contributed by atoms with Gasteiger partial charge in [0.2, 0.25) is 11.3 Å². The number of ketones is 1. The van der Waals surface area contributed by atoms with Gasteiger partial charge in [0.1, 0.15) is 0 Å². The third-order valence-electron chi connectivity index (χ3n) is 4.79.